The van der Waals surface area contributed by atoms with E-state index < -0.39 is 0 Å². The highest BCUT2D eigenvalue weighted by molar-refractivity contribution is 5.29. The largest absolute Gasteiger partial charge is 0.0776 e. The van der Waals surface area contributed by atoms with Crippen molar-refractivity contribution in [3.63, 3.8) is 0 Å². The van der Waals surface area contributed by atoms with Crippen molar-refractivity contribution in [2.45, 2.75) is 145 Å². The van der Waals surface area contributed by atoms with E-state index in [9.17, 15) is 0 Å². The Bertz CT molecular complexity index is 815. The predicted octanol–water partition coefficient (Wildman–Crippen LogP) is 13.8. The van der Waals surface area contributed by atoms with Gasteiger partial charge in [-0.15, -0.1) is 0 Å². The van der Waals surface area contributed by atoms with E-state index in [0.717, 1.165) is 25.7 Å². The van der Waals surface area contributed by atoms with Gasteiger partial charge in [0.05, 0.1) is 0 Å². The summed E-state index contributed by atoms with van der Waals surface area (Å²) in [5, 5.41) is 0. The van der Waals surface area contributed by atoms with Crippen LogP contribution in [0.25, 0.3) is 0 Å². The molecule has 0 heteroatoms. The van der Waals surface area contributed by atoms with Crippen LogP contribution in [-0.2, 0) is 32.1 Å². The van der Waals surface area contributed by atoms with Crippen molar-refractivity contribution in [3.8, 4) is 0 Å². The van der Waals surface area contributed by atoms with Crippen LogP contribution in [0.3, 0.4) is 0 Å². The third-order valence-corrected chi connectivity index (χ3v) is 5.87. The molecule has 0 aliphatic carbocycles. The quantitative estimate of drug-likeness (QED) is 0.278. The molecule has 0 N–H and O–H groups in total. The zero-order valence-corrected chi connectivity index (χ0v) is 21.7. The van der Waals surface area contributed by atoms with Gasteiger partial charge >= 0.3 is 0 Å². The molecule has 0 saturated carbocycles. The molecule has 0 spiro atoms. The first kappa shape index (κ1) is 53.0. The summed E-state index contributed by atoms with van der Waals surface area (Å²) in [5.74, 6) is 0.658. The lowest BCUT2D eigenvalue weighted by molar-refractivity contribution is 0.844. The van der Waals surface area contributed by atoms with Gasteiger partial charge in [-0.25, -0.2) is 0 Å². The molecular formula is C39H74. The first-order valence-corrected chi connectivity index (χ1v) is 12.7. The summed E-state index contributed by atoms with van der Waals surface area (Å²) in [6.07, 6.45) is 7.03. The Kier molecular flexibility index (Phi) is 43.3. The molecule has 0 aliphatic heterocycles. The molecular weight excluding hydrogens is 468 g/mol. The molecule has 3 aromatic carbocycles. The van der Waals surface area contributed by atoms with Crippen LogP contribution < -0.4 is 0 Å². The lowest BCUT2D eigenvalue weighted by Crippen LogP contribution is -1.93. The standard InChI is InChI=1S/2C11H16.C10H14.7CH4/c1-4-10-7-5-6-8-11(10)9(2)3;1-3-5-11-8-6-10(4-2)7-9-11;1-3-9-5-7-10(4-2)8-6-9;;;;;;;/h5-9H,4H2,1-3H3;6-9H,3-5H2,1-2H3;5-8H,3-4H2,1-2H3;7*1H4. The fourth-order valence-corrected chi connectivity index (χ4v) is 3.66. The fraction of sp³-hybridized carbons (Fsp3) is 0.538. The highest BCUT2D eigenvalue weighted by Gasteiger charge is 2.02. The minimum atomic E-state index is 0. The summed E-state index contributed by atoms with van der Waals surface area (Å²) in [7, 11) is 0. The molecule has 0 aliphatic rings. The highest BCUT2D eigenvalue weighted by Crippen LogP contribution is 2.19. The zero-order valence-electron chi connectivity index (χ0n) is 21.7. The Balaban J connectivity index is -0.0000000724. The average molecular weight is 543 g/mol. The minimum Gasteiger partial charge on any atom is -0.0776 e. The predicted molar refractivity (Wildman–Crippen MR) is 192 cm³/mol. The van der Waals surface area contributed by atoms with Crippen LogP contribution in [0.15, 0.2) is 72.8 Å². The van der Waals surface area contributed by atoms with Crippen molar-refractivity contribution < 1.29 is 0 Å². The van der Waals surface area contributed by atoms with E-state index in [4.69, 9.17) is 0 Å². The van der Waals surface area contributed by atoms with Gasteiger partial charge < -0.3 is 0 Å². The van der Waals surface area contributed by atoms with E-state index in [2.05, 4.69) is 121 Å². The van der Waals surface area contributed by atoms with Gasteiger partial charge in [-0.1, -0.05) is 180 Å². The van der Waals surface area contributed by atoms with E-state index in [0.29, 0.717) is 5.92 Å². The number of benzene rings is 3. The van der Waals surface area contributed by atoms with Crippen LogP contribution in [0.1, 0.15) is 146 Å². The van der Waals surface area contributed by atoms with E-state index in [-0.39, 0.29) is 52.0 Å². The second kappa shape index (κ2) is 31.9. The van der Waals surface area contributed by atoms with Gasteiger partial charge in [0.15, 0.2) is 0 Å². The second-order valence-corrected chi connectivity index (χ2v) is 8.65. The summed E-state index contributed by atoms with van der Waals surface area (Å²) in [5.41, 5.74) is 8.74. The Hall–Kier alpha value is -2.34. The molecule has 0 heterocycles. The first-order valence-electron chi connectivity index (χ1n) is 12.7. The van der Waals surface area contributed by atoms with Crippen LogP contribution in [0.2, 0.25) is 0 Å². The summed E-state index contributed by atoms with van der Waals surface area (Å²) >= 11 is 0. The van der Waals surface area contributed by atoms with E-state index in [1.807, 2.05) is 0 Å². The third kappa shape index (κ3) is 21.2. The lowest BCUT2D eigenvalue weighted by atomic mass is 9.96. The van der Waals surface area contributed by atoms with Crippen molar-refractivity contribution in [1.29, 1.82) is 0 Å². The average Bonchev–Trinajstić information content (AvgIpc) is 2.85. The maximum atomic E-state index is 2.24. The second-order valence-electron chi connectivity index (χ2n) is 8.65. The molecule has 0 amide bonds. The van der Waals surface area contributed by atoms with E-state index in [1.165, 1.54) is 46.2 Å². The molecule has 0 unspecified atom stereocenters. The van der Waals surface area contributed by atoms with Crippen molar-refractivity contribution in [2.75, 3.05) is 0 Å². The maximum absolute atomic E-state index is 2.24. The number of rotatable bonds is 7. The summed E-state index contributed by atoms with van der Waals surface area (Å²) < 4.78 is 0. The molecule has 230 valence electrons. The van der Waals surface area contributed by atoms with Crippen LogP contribution in [0.4, 0.5) is 0 Å². The topological polar surface area (TPSA) is 0 Å². The van der Waals surface area contributed by atoms with Crippen molar-refractivity contribution in [2.24, 2.45) is 0 Å². The van der Waals surface area contributed by atoms with Crippen molar-refractivity contribution in [3.05, 3.63) is 106 Å². The first-order chi connectivity index (χ1) is 15.5. The van der Waals surface area contributed by atoms with Crippen molar-refractivity contribution >= 4 is 0 Å². The van der Waals surface area contributed by atoms with Crippen LogP contribution in [0, 0.1) is 0 Å². The number of hydrogen-bond acceptors (Lipinski definition) is 0. The Morgan fingerprint density at radius 2 is 0.769 bits per heavy atom. The minimum absolute atomic E-state index is 0. The van der Waals surface area contributed by atoms with Crippen LogP contribution >= 0.6 is 0 Å². The van der Waals surface area contributed by atoms with Gasteiger partial charge in [0.2, 0.25) is 0 Å². The monoisotopic (exact) mass is 543 g/mol. The molecule has 0 bridgehead atoms. The van der Waals surface area contributed by atoms with Crippen LogP contribution in [-0.4, -0.2) is 0 Å². The molecule has 39 heavy (non-hydrogen) atoms. The van der Waals surface area contributed by atoms with E-state index >= 15 is 0 Å². The van der Waals surface area contributed by atoms with Crippen LogP contribution in [0.5, 0.6) is 0 Å². The summed E-state index contributed by atoms with van der Waals surface area (Å²) in [6, 6.07) is 26.4. The van der Waals surface area contributed by atoms with Gasteiger partial charge in [0.25, 0.3) is 0 Å². The van der Waals surface area contributed by atoms with Gasteiger partial charge in [-0.05, 0) is 71.4 Å². The molecule has 0 radical (unpaired) electrons. The van der Waals surface area contributed by atoms with Gasteiger partial charge in [-0.2, -0.15) is 0 Å². The SMILES string of the molecule is C.C.C.C.C.C.C.CCCc1ccc(CC)cc1.CCc1ccc(CC)cc1.CCc1ccccc1C(C)C. The molecule has 0 atom stereocenters. The molecule has 0 aromatic heterocycles. The Labute approximate surface area is 250 Å². The highest BCUT2D eigenvalue weighted by atomic mass is 14.1. The molecule has 0 fully saturated rings. The lowest BCUT2D eigenvalue weighted by Gasteiger charge is -2.09. The Morgan fingerprint density at radius 1 is 0.436 bits per heavy atom. The van der Waals surface area contributed by atoms with Gasteiger partial charge in [0, 0.05) is 0 Å². The van der Waals surface area contributed by atoms with Gasteiger partial charge in [-0.3, -0.25) is 0 Å². The zero-order chi connectivity index (χ0) is 23.8. The fourth-order valence-electron chi connectivity index (χ4n) is 3.66. The molecule has 3 aromatic rings. The van der Waals surface area contributed by atoms with Gasteiger partial charge in [0.1, 0.15) is 0 Å². The Morgan fingerprint density at radius 3 is 1.03 bits per heavy atom. The third-order valence-electron chi connectivity index (χ3n) is 5.87. The molecule has 3 rings (SSSR count). The smallest absolute Gasteiger partial charge is 0.0216 e. The number of aryl methyl sites for hydroxylation is 5. The van der Waals surface area contributed by atoms with E-state index in [1.54, 1.807) is 0 Å². The van der Waals surface area contributed by atoms with Crippen molar-refractivity contribution in [1.82, 2.24) is 0 Å². The maximum Gasteiger partial charge on any atom is -0.0216 e. The number of hydrogen-bond donors (Lipinski definition) is 0. The summed E-state index contributed by atoms with van der Waals surface area (Å²) in [6.45, 7) is 15.5. The normalized spacial score (nSPS) is 8.31. The summed E-state index contributed by atoms with van der Waals surface area (Å²) in [4.78, 5) is 0. The molecule has 0 saturated heterocycles. The molecule has 0 nitrogen and oxygen atoms in total.